The fourth-order valence-corrected chi connectivity index (χ4v) is 1.75. The van der Waals surface area contributed by atoms with E-state index in [1.807, 2.05) is 0 Å². The maximum atomic E-state index is 11.7. The molecule has 1 fully saturated rings. The van der Waals surface area contributed by atoms with E-state index in [-0.39, 0.29) is 17.7 Å². The highest BCUT2D eigenvalue weighted by Gasteiger charge is 2.27. The third kappa shape index (κ3) is 3.01. The molecule has 4 nitrogen and oxygen atoms in total. The molecule has 1 aliphatic carbocycles. The van der Waals surface area contributed by atoms with Crippen LogP contribution in [0.4, 0.5) is 0 Å². The van der Waals surface area contributed by atoms with E-state index in [0.717, 1.165) is 12.8 Å². The fraction of sp³-hybridized carbons (Fsp3) is 0.385. The summed E-state index contributed by atoms with van der Waals surface area (Å²) in [5.74, 6) is 0.0712. The number of para-hydroxylation sites is 1. The highest BCUT2D eigenvalue weighted by molar-refractivity contribution is 6.32. The number of halogens is 1. The summed E-state index contributed by atoms with van der Waals surface area (Å²) in [6.07, 6.45) is 2.02. The van der Waals surface area contributed by atoms with Crippen molar-refractivity contribution in [1.29, 1.82) is 0 Å². The smallest absolute Gasteiger partial charge is 0.260 e. The summed E-state index contributed by atoms with van der Waals surface area (Å²) in [5.41, 5.74) is 0.341. The van der Waals surface area contributed by atoms with Crippen molar-refractivity contribution in [1.82, 2.24) is 5.32 Å². The predicted octanol–water partition coefficient (Wildman–Crippen LogP) is 2.20. The largest absolute Gasteiger partial charge is 0.479 e. The minimum absolute atomic E-state index is 0.186. The van der Waals surface area contributed by atoms with Crippen LogP contribution >= 0.6 is 11.6 Å². The zero-order valence-electron chi connectivity index (χ0n) is 9.98. The molecule has 5 heteroatoms. The normalized spacial score (nSPS) is 15.9. The van der Waals surface area contributed by atoms with Crippen molar-refractivity contribution in [2.75, 3.05) is 0 Å². The van der Waals surface area contributed by atoms with Crippen LogP contribution in [0.15, 0.2) is 18.2 Å². The molecule has 1 amide bonds. The van der Waals surface area contributed by atoms with Crippen LogP contribution in [-0.2, 0) is 4.79 Å². The first kappa shape index (κ1) is 12.9. The molecular formula is C13H14ClNO3. The van der Waals surface area contributed by atoms with Gasteiger partial charge in [0.2, 0.25) is 0 Å². The summed E-state index contributed by atoms with van der Waals surface area (Å²) in [6.45, 7) is 1.63. The van der Waals surface area contributed by atoms with Crippen molar-refractivity contribution in [2.24, 2.45) is 0 Å². The van der Waals surface area contributed by atoms with Crippen LogP contribution in [0.5, 0.6) is 5.75 Å². The zero-order chi connectivity index (χ0) is 13.1. The van der Waals surface area contributed by atoms with Crippen molar-refractivity contribution in [2.45, 2.75) is 31.9 Å². The van der Waals surface area contributed by atoms with Gasteiger partial charge in [0.15, 0.2) is 12.4 Å². The van der Waals surface area contributed by atoms with Crippen LogP contribution < -0.4 is 10.1 Å². The number of rotatable bonds is 5. The number of carbonyl (C=O) groups is 2. The third-order valence-corrected chi connectivity index (χ3v) is 3.01. The van der Waals surface area contributed by atoms with E-state index in [9.17, 15) is 9.59 Å². The Bertz CT molecular complexity index is 471. The molecule has 0 bridgehead atoms. The molecular weight excluding hydrogens is 254 g/mol. The van der Waals surface area contributed by atoms with Gasteiger partial charge in [0, 0.05) is 6.04 Å². The molecule has 0 heterocycles. The molecule has 1 N–H and O–H groups in total. The fourth-order valence-electron chi connectivity index (χ4n) is 1.52. The Morgan fingerprint density at radius 3 is 2.89 bits per heavy atom. The first-order valence-corrected chi connectivity index (χ1v) is 6.20. The number of nitrogens with one attached hydrogen (secondary N) is 1. The van der Waals surface area contributed by atoms with E-state index in [1.54, 1.807) is 25.1 Å². The van der Waals surface area contributed by atoms with Crippen LogP contribution in [0.25, 0.3) is 0 Å². The van der Waals surface area contributed by atoms with Gasteiger partial charge in [-0.25, -0.2) is 0 Å². The van der Waals surface area contributed by atoms with Gasteiger partial charge in [0.25, 0.3) is 5.91 Å². The molecule has 0 saturated heterocycles. The van der Waals surface area contributed by atoms with Crippen molar-refractivity contribution >= 4 is 23.8 Å². The summed E-state index contributed by atoms with van der Waals surface area (Å²) in [5, 5.41) is 3.16. The molecule has 0 spiro atoms. The number of hydrogen-bond acceptors (Lipinski definition) is 3. The first-order chi connectivity index (χ1) is 8.61. The van der Waals surface area contributed by atoms with Gasteiger partial charge in [-0.15, -0.1) is 0 Å². The number of benzene rings is 1. The lowest BCUT2D eigenvalue weighted by atomic mass is 10.2. The molecule has 1 unspecified atom stereocenters. The molecule has 1 aromatic rings. The van der Waals surface area contributed by atoms with Crippen molar-refractivity contribution in [3.8, 4) is 5.75 Å². The Hall–Kier alpha value is -1.55. The van der Waals surface area contributed by atoms with Crippen LogP contribution in [0.2, 0.25) is 5.02 Å². The van der Waals surface area contributed by atoms with Crippen molar-refractivity contribution in [3.63, 3.8) is 0 Å². The monoisotopic (exact) mass is 267 g/mol. The molecule has 1 saturated carbocycles. The second-order valence-corrected chi connectivity index (χ2v) is 4.73. The number of carbonyl (C=O) groups excluding carboxylic acids is 2. The minimum Gasteiger partial charge on any atom is -0.479 e. The molecule has 0 radical (unpaired) electrons. The van der Waals surface area contributed by atoms with Gasteiger partial charge < -0.3 is 10.1 Å². The van der Waals surface area contributed by atoms with E-state index >= 15 is 0 Å². The van der Waals surface area contributed by atoms with E-state index in [0.29, 0.717) is 16.9 Å². The summed E-state index contributed by atoms with van der Waals surface area (Å²) in [7, 11) is 0. The molecule has 2 rings (SSSR count). The topological polar surface area (TPSA) is 55.4 Å². The van der Waals surface area contributed by atoms with Gasteiger partial charge in [-0.05, 0) is 31.9 Å². The Morgan fingerprint density at radius 2 is 2.28 bits per heavy atom. The summed E-state index contributed by atoms with van der Waals surface area (Å²) >= 11 is 5.96. The molecule has 1 aliphatic rings. The van der Waals surface area contributed by atoms with Gasteiger partial charge >= 0.3 is 0 Å². The first-order valence-electron chi connectivity index (χ1n) is 5.82. The highest BCUT2D eigenvalue weighted by Crippen LogP contribution is 2.28. The molecule has 1 atom stereocenters. The zero-order valence-corrected chi connectivity index (χ0v) is 10.7. The number of amides is 1. The molecule has 96 valence electrons. The van der Waals surface area contributed by atoms with E-state index < -0.39 is 6.10 Å². The molecule has 1 aromatic carbocycles. The SMILES string of the molecule is CC(Oc1c(Cl)cccc1C=O)C(=O)NC1CC1. The van der Waals surface area contributed by atoms with Gasteiger partial charge in [-0.3, -0.25) is 9.59 Å². The Morgan fingerprint density at radius 1 is 1.56 bits per heavy atom. The van der Waals surface area contributed by atoms with E-state index in [2.05, 4.69) is 5.32 Å². The average Bonchev–Trinajstić information content (AvgIpc) is 3.15. The maximum Gasteiger partial charge on any atom is 0.260 e. The van der Waals surface area contributed by atoms with E-state index in [4.69, 9.17) is 16.3 Å². The summed E-state index contributed by atoms with van der Waals surface area (Å²) < 4.78 is 5.48. The van der Waals surface area contributed by atoms with Gasteiger partial charge in [-0.2, -0.15) is 0 Å². The van der Waals surface area contributed by atoms with Gasteiger partial charge in [0.05, 0.1) is 10.6 Å². The lowest BCUT2D eigenvalue weighted by Crippen LogP contribution is -2.37. The molecule has 0 aromatic heterocycles. The van der Waals surface area contributed by atoms with Crippen LogP contribution in [0.1, 0.15) is 30.1 Å². The maximum absolute atomic E-state index is 11.7. The second-order valence-electron chi connectivity index (χ2n) is 4.32. The van der Waals surface area contributed by atoms with Crippen molar-refractivity contribution < 1.29 is 14.3 Å². The van der Waals surface area contributed by atoms with E-state index in [1.165, 1.54) is 0 Å². The number of aldehydes is 1. The predicted molar refractivity (Wildman–Crippen MR) is 68.1 cm³/mol. The molecule has 0 aliphatic heterocycles. The van der Waals surface area contributed by atoms with Crippen LogP contribution in [0, 0.1) is 0 Å². The van der Waals surface area contributed by atoms with Gasteiger partial charge in [-0.1, -0.05) is 17.7 Å². The standard InChI is InChI=1S/C13H14ClNO3/c1-8(13(17)15-10-5-6-10)18-12-9(7-16)3-2-4-11(12)14/h2-4,7-8,10H,5-6H2,1H3,(H,15,17). The quantitative estimate of drug-likeness (QED) is 0.832. The number of hydrogen-bond donors (Lipinski definition) is 1. The van der Waals surface area contributed by atoms with Crippen molar-refractivity contribution in [3.05, 3.63) is 28.8 Å². The number of ether oxygens (including phenoxy) is 1. The lowest BCUT2D eigenvalue weighted by molar-refractivity contribution is -0.127. The lowest BCUT2D eigenvalue weighted by Gasteiger charge is -2.16. The summed E-state index contributed by atoms with van der Waals surface area (Å²) in [6, 6.07) is 5.16. The minimum atomic E-state index is -0.677. The Labute approximate surface area is 110 Å². The van der Waals surface area contributed by atoms with Crippen LogP contribution in [-0.4, -0.2) is 24.3 Å². The second kappa shape index (κ2) is 5.40. The van der Waals surface area contributed by atoms with Gasteiger partial charge in [0.1, 0.15) is 5.75 Å². The average molecular weight is 268 g/mol. The highest BCUT2D eigenvalue weighted by atomic mass is 35.5. The van der Waals surface area contributed by atoms with Crippen LogP contribution in [0.3, 0.4) is 0 Å². The Balaban J connectivity index is 2.07. The Kier molecular flexibility index (Phi) is 3.87. The molecule has 18 heavy (non-hydrogen) atoms. The summed E-state index contributed by atoms with van der Waals surface area (Å²) in [4.78, 5) is 22.6. The third-order valence-electron chi connectivity index (χ3n) is 2.71.